The van der Waals surface area contributed by atoms with Gasteiger partial charge in [0.15, 0.2) is 0 Å². The van der Waals surface area contributed by atoms with Crippen molar-refractivity contribution in [2.24, 2.45) is 5.41 Å². The number of benzene rings is 7. The lowest BCUT2D eigenvalue weighted by Gasteiger charge is -2.53. The summed E-state index contributed by atoms with van der Waals surface area (Å²) >= 11 is 1.92. The molecule has 1 aromatic heterocycles. The van der Waals surface area contributed by atoms with E-state index >= 15 is 0 Å². The second-order valence-electron chi connectivity index (χ2n) is 27.4. The molecule has 0 N–H and O–H groups in total. The fourth-order valence-corrected chi connectivity index (χ4v) is 18.1. The van der Waals surface area contributed by atoms with Crippen LogP contribution in [-0.4, -0.2) is 12.3 Å². The molecule has 2 atom stereocenters. The Bertz CT molecular complexity index is 3760. The van der Waals surface area contributed by atoms with Crippen molar-refractivity contribution in [1.29, 1.82) is 0 Å². The molecule has 0 bridgehead atoms. The lowest BCUT2D eigenvalue weighted by atomic mass is 9.32. The summed E-state index contributed by atoms with van der Waals surface area (Å²) in [5.74, 6) is 0. The Hall–Kier alpha value is -5.78. The topological polar surface area (TPSA) is 9.72 Å². The van der Waals surface area contributed by atoms with Gasteiger partial charge in [-0.2, -0.15) is 0 Å². The number of anilines is 8. The Kier molecular flexibility index (Phi) is 9.61. The summed E-state index contributed by atoms with van der Waals surface area (Å²) in [6, 6.07) is 46.6. The Labute approximate surface area is 446 Å². The van der Waals surface area contributed by atoms with Crippen LogP contribution in [0.3, 0.4) is 0 Å². The summed E-state index contributed by atoms with van der Waals surface area (Å²) in [5.41, 5.74) is 27.1. The average molecular weight is 988 g/mol. The molecule has 0 saturated heterocycles. The highest BCUT2D eigenvalue weighted by atomic mass is 32.1. The summed E-state index contributed by atoms with van der Waals surface area (Å²) in [7, 11) is 0. The van der Waals surface area contributed by atoms with E-state index in [4.69, 9.17) is 0 Å². The standard InChI is InChI=1S/C69H74BN3S/c1-41-32-56-62-57(33-41)73-63-60(68(12)28-16-17-29-69(68,73)13)42(2)34-43(3)61(63)70(62)54-27-24-47(37-55(54)72(56)48-22-25-50-49-18-14-15-19-58(49)74-59(50)38-48)71(45-21-20-44-39-64(4,5)40-67(10,11)52(44)35-45)46-23-26-51-53(36-46)66(8,9)31-30-65(51,6)7/h14-15,18-27,32-38H,16-17,28-31,39-40H2,1-13H3. The first-order chi connectivity index (χ1) is 35.1. The normalized spacial score (nSPS) is 23.0. The Balaban J connectivity index is 1.06. The monoisotopic (exact) mass is 988 g/mol. The number of hydrogen-bond donors (Lipinski definition) is 0. The van der Waals surface area contributed by atoms with Crippen LogP contribution in [0.25, 0.3) is 20.2 Å². The third-order valence-corrected chi connectivity index (χ3v) is 21.5. The molecule has 374 valence electrons. The van der Waals surface area contributed by atoms with Crippen molar-refractivity contribution in [3.8, 4) is 0 Å². The first kappa shape index (κ1) is 46.7. The van der Waals surface area contributed by atoms with E-state index in [1.54, 1.807) is 5.56 Å². The predicted octanol–water partition coefficient (Wildman–Crippen LogP) is 17.4. The Morgan fingerprint density at radius 2 is 1.22 bits per heavy atom. The van der Waals surface area contributed by atoms with E-state index in [2.05, 4.69) is 220 Å². The molecule has 7 aromatic carbocycles. The van der Waals surface area contributed by atoms with Crippen LogP contribution in [0.5, 0.6) is 0 Å². The van der Waals surface area contributed by atoms with Crippen LogP contribution >= 0.6 is 11.3 Å². The molecule has 5 heteroatoms. The number of nitrogens with zero attached hydrogens (tertiary/aromatic N) is 3. The molecule has 1 fully saturated rings. The first-order valence-corrected chi connectivity index (χ1v) is 28.9. The largest absolute Gasteiger partial charge is 0.335 e. The Morgan fingerprint density at radius 3 is 2.01 bits per heavy atom. The van der Waals surface area contributed by atoms with E-state index in [9.17, 15) is 0 Å². The molecule has 6 aliphatic rings. The zero-order valence-electron chi connectivity index (χ0n) is 46.5. The third kappa shape index (κ3) is 6.31. The molecule has 3 nitrogen and oxygen atoms in total. The second-order valence-corrected chi connectivity index (χ2v) is 28.5. The molecule has 0 amide bonds. The fourth-order valence-electron chi connectivity index (χ4n) is 16.9. The molecule has 3 aliphatic carbocycles. The van der Waals surface area contributed by atoms with Gasteiger partial charge in [-0.15, -0.1) is 11.3 Å². The molecular weight excluding hydrogens is 914 g/mol. The van der Waals surface area contributed by atoms with Gasteiger partial charge in [0, 0.05) is 71.1 Å². The average Bonchev–Trinajstić information content (AvgIpc) is 3.84. The van der Waals surface area contributed by atoms with Crippen LogP contribution in [0.2, 0.25) is 0 Å². The maximum absolute atomic E-state index is 2.91. The van der Waals surface area contributed by atoms with Crippen LogP contribution in [0.4, 0.5) is 45.5 Å². The fraction of sp³-hybridized carbons (Fsp3) is 0.391. The number of hydrogen-bond acceptors (Lipinski definition) is 4. The molecular formula is C69H74BN3S. The molecule has 2 unspecified atom stereocenters. The van der Waals surface area contributed by atoms with Gasteiger partial charge in [0.05, 0.1) is 5.54 Å². The summed E-state index contributed by atoms with van der Waals surface area (Å²) in [6.07, 6.45) is 9.61. The summed E-state index contributed by atoms with van der Waals surface area (Å²) in [5, 5.41) is 2.68. The minimum Gasteiger partial charge on any atom is -0.335 e. The van der Waals surface area contributed by atoms with Gasteiger partial charge in [-0.05, 0) is 210 Å². The molecule has 8 aromatic rings. The number of aryl methyl sites for hydroxylation is 3. The van der Waals surface area contributed by atoms with Crippen molar-refractivity contribution in [3.63, 3.8) is 0 Å². The molecule has 74 heavy (non-hydrogen) atoms. The van der Waals surface area contributed by atoms with Gasteiger partial charge in [0.1, 0.15) is 0 Å². The molecule has 0 spiro atoms. The van der Waals surface area contributed by atoms with E-state index in [0.29, 0.717) is 0 Å². The van der Waals surface area contributed by atoms with Crippen molar-refractivity contribution in [1.82, 2.24) is 0 Å². The Morgan fingerprint density at radius 1 is 0.541 bits per heavy atom. The van der Waals surface area contributed by atoms with Crippen molar-refractivity contribution in [3.05, 3.63) is 160 Å². The smallest absolute Gasteiger partial charge is 0.252 e. The zero-order valence-corrected chi connectivity index (χ0v) is 47.3. The zero-order chi connectivity index (χ0) is 51.4. The molecule has 4 heterocycles. The maximum Gasteiger partial charge on any atom is 0.252 e. The maximum atomic E-state index is 2.91. The number of fused-ring (bicyclic) bond motifs is 12. The SMILES string of the molecule is Cc1cc2c3c(c1)N1c4c(c(C)cc(C)c4C4(C)CCCCC14C)B3c1ccc(N(c3ccc4c(c3)C(C)(C)CC(C)(C)C4)c3ccc4c(c3)C(C)(C)CCC4(C)C)cc1N2c1ccc2c(c1)sc1ccccc12. The van der Waals surface area contributed by atoms with E-state index < -0.39 is 0 Å². The van der Waals surface area contributed by atoms with E-state index in [0.717, 1.165) is 12.8 Å². The van der Waals surface area contributed by atoms with E-state index in [1.165, 1.54) is 160 Å². The van der Waals surface area contributed by atoms with Gasteiger partial charge in [0.25, 0.3) is 6.71 Å². The highest BCUT2D eigenvalue weighted by Crippen LogP contribution is 2.63. The molecule has 14 rings (SSSR count). The number of thiophene rings is 1. The lowest BCUT2D eigenvalue weighted by molar-refractivity contribution is 0.194. The minimum atomic E-state index is -0.0310. The molecule has 3 aliphatic heterocycles. The quantitative estimate of drug-likeness (QED) is 0.163. The minimum absolute atomic E-state index is 0.0310. The highest BCUT2D eigenvalue weighted by Gasteiger charge is 2.62. The first-order valence-electron chi connectivity index (χ1n) is 28.1. The molecule has 1 saturated carbocycles. The lowest BCUT2D eigenvalue weighted by Crippen LogP contribution is -2.65. The van der Waals surface area contributed by atoms with Gasteiger partial charge in [-0.25, -0.2) is 0 Å². The third-order valence-electron chi connectivity index (χ3n) is 20.3. The van der Waals surface area contributed by atoms with Crippen LogP contribution in [-0.2, 0) is 28.1 Å². The number of rotatable bonds is 4. The van der Waals surface area contributed by atoms with E-state index in [1.807, 2.05) is 11.3 Å². The van der Waals surface area contributed by atoms with Crippen molar-refractivity contribution in [2.45, 2.75) is 169 Å². The van der Waals surface area contributed by atoms with Crippen LogP contribution in [0, 0.1) is 26.2 Å². The summed E-state index contributed by atoms with van der Waals surface area (Å²) in [6.45, 7) is 32.2. The summed E-state index contributed by atoms with van der Waals surface area (Å²) < 4.78 is 2.67. The van der Waals surface area contributed by atoms with E-state index in [-0.39, 0.29) is 39.3 Å². The van der Waals surface area contributed by atoms with Gasteiger partial charge in [0.2, 0.25) is 0 Å². The van der Waals surface area contributed by atoms with Crippen molar-refractivity contribution in [2.75, 3.05) is 14.7 Å². The highest BCUT2D eigenvalue weighted by molar-refractivity contribution is 7.25. The van der Waals surface area contributed by atoms with Gasteiger partial charge < -0.3 is 14.7 Å². The predicted molar refractivity (Wildman–Crippen MR) is 321 cm³/mol. The van der Waals surface area contributed by atoms with Gasteiger partial charge in [-0.3, -0.25) is 0 Å². The van der Waals surface area contributed by atoms with Gasteiger partial charge >= 0.3 is 0 Å². The van der Waals surface area contributed by atoms with Crippen LogP contribution in [0.15, 0.2) is 115 Å². The van der Waals surface area contributed by atoms with Crippen molar-refractivity contribution >= 4 is 100 Å². The van der Waals surface area contributed by atoms with Gasteiger partial charge in [-0.1, -0.05) is 129 Å². The van der Waals surface area contributed by atoms with Crippen LogP contribution in [0.1, 0.15) is 159 Å². The van der Waals surface area contributed by atoms with Crippen molar-refractivity contribution < 1.29 is 0 Å². The molecule has 0 radical (unpaired) electrons. The van der Waals surface area contributed by atoms with Crippen LogP contribution < -0.4 is 31.1 Å². The second kappa shape index (κ2) is 15.2. The summed E-state index contributed by atoms with van der Waals surface area (Å²) in [4.78, 5) is 8.22.